The summed E-state index contributed by atoms with van der Waals surface area (Å²) in [6, 6.07) is 8.26. The number of thioether (sulfide) groups is 1. The highest BCUT2D eigenvalue weighted by Crippen LogP contribution is 2.21. The van der Waals surface area contributed by atoms with Crippen LogP contribution in [0.3, 0.4) is 0 Å². The van der Waals surface area contributed by atoms with E-state index in [1.54, 1.807) is 7.05 Å². The molecular formula is C13H18N4OS. The molecule has 1 heterocycles. The minimum atomic E-state index is -0.205. The summed E-state index contributed by atoms with van der Waals surface area (Å²) in [5.74, 6) is 0.684. The van der Waals surface area contributed by atoms with E-state index in [4.69, 9.17) is 5.73 Å². The maximum atomic E-state index is 11.2. The smallest absolute Gasteiger partial charge is 0.323 e. The number of rotatable bonds is 5. The predicted octanol–water partition coefficient (Wildman–Crippen LogP) is 1.46. The van der Waals surface area contributed by atoms with E-state index in [9.17, 15) is 4.79 Å². The van der Waals surface area contributed by atoms with Crippen LogP contribution in [-0.2, 0) is 13.5 Å². The fourth-order valence-electron chi connectivity index (χ4n) is 1.72. The molecule has 1 unspecified atom stereocenters. The second-order valence-electron chi connectivity index (χ2n) is 4.38. The zero-order valence-electron chi connectivity index (χ0n) is 11.1. The Bertz CT molecular complexity index is 587. The van der Waals surface area contributed by atoms with Crippen LogP contribution in [0.5, 0.6) is 0 Å². The Morgan fingerprint density at radius 1 is 1.42 bits per heavy atom. The van der Waals surface area contributed by atoms with Gasteiger partial charge in [0.1, 0.15) is 0 Å². The van der Waals surface area contributed by atoms with Crippen LogP contribution in [-0.4, -0.2) is 20.5 Å². The largest absolute Gasteiger partial charge is 0.343 e. The maximum absolute atomic E-state index is 11.2. The lowest BCUT2D eigenvalue weighted by Crippen LogP contribution is -2.15. The molecule has 5 nitrogen and oxygen atoms in total. The molecule has 1 aromatic heterocycles. The van der Waals surface area contributed by atoms with Crippen molar-refractivity contribution in [2.24, 2.45) is 12.8 Å². The van der Waals surface area contributed by atoms with Crippen molar-refractivity contribution in [2.75, 3.05) is 5.75 Å². The molecule has 0 aliphatic heterocycles. The topological polar surface area (TPSA) is 76.7 Å². The number of hydrogen-bond donors (Lipinski definition) is 2. The molecule has 0 aliphatic rings. The van der Waals surface area contributed by atoms with E-state index in [2.05, 4.69) is 41.4 Å². The van der Waals surface area contributed by atoms with Crippen molar-refractivity contribution in [3.63, 3.8) is 0 Å². The monoisotopic (exact) mass is 278 g/mol. The summed E-state index contributed by atoms with van der Waals surface area (Å²) in [5, 5.41) is 7.01. The molecule has 3 N–H and O–H groups in total. The Balaban J connectivity index is 1.98. The zero-order chi connectivity index (χ0) is 13.8. The lowest BCUT2D eigenvalue weighted by atomic mass is 10.1. The van der Waals surface area contributed by atoms with Crippen LogP contribution in [0.2, 0.25) is 0 Å². The Morgan fingerprint density at radius 3 is 2.63 bits per heavy atom. The minimum Gasteiger partial charge on any atom is -0.323 e. The number of nitrogens with two attached hydrogens (primary N) is 1. The first-order chi connectivity index (χ1) is 9.11. The molecule has 0 aliphatic carbocycles. The summed E-state index contributed by atoms with van der Waals surface area (Å²) in [6.45, 7) is 2.13. The Labute approximate surface area is 116 Å². The third kappa shape index (κ3) is 3.27. The molecular weight excluding hydrogens is 260 g/mol. The second-order valence-corrected chi connectivity index (χ2v) is 5.37. The Hall–Kier alpha value is -1.53. The molecule has 0 saturated heterocycles. The Kier molecular flexibility index (Phi) is 4.44. The van der Waals surface area contributed by atoms with Crippen LogP contribution in [0.25, 0.3) is 0 Å². The lowest BCUT2D eigenvalue weighted by Gasteiger charge is -2.11. The number of nitrogens with one attached hydrogen (secondary N) is 1. The van der Waals surface area contributed by atoms with Crippen molar-refractivity contribution in [1.29, 1.82) is 0 Å². The quantitative estimate of drug-likeness (QED) is 0.812. The fourth-order valence-corrected chi connectivity index (χ4v) is 2.63. The van der Waals surface area contributed by atoms with E-state index in [1.807, 2.05) is 0 Å². The molecule has 19 heavy (non-hydrogen) atoms. The van der Waals surface area contributed by atoms with Gasteiger partial charge in [0.25, 0.3) is 0 Å². The normalized spacial score (nSPS) is 12.6. The number of aromatic amines is 1. The molecule has 1 atom stereocenters. The van der Waals surface area contributed by atoms with Crippen LogP contribution in [0.4, 0.5) is 0 Å². The number of hydrogen-bond acceptors (Lipinski definition) is 4. The first-order valence-electron chi connectivity index (χ1n) is 6.20. The highest BCUT2D eigenvalue weighted by molar-refractivity contribution is 7.99. The SMILES string of the molecule is CCc1ccc(C(N)CSc2n[nH]c(=O)n2C)cc1. The molecule has 2 rings (SSSR count). The fraction of sp³-hybridized carbons (Fsp3) is 0.385. The third-order valence-corrected chi connectivity index (χ3v) is 4.20. The van der Waals surface area contributed by atoms with Gasteiger partial charge in [0.2, 0.25) is 0 Å². The number of nitrogens with zero attached hydrogens (tertiary/aromatic N) is 2. The summed E-state index contributed by atoms with van der Waals surface area (Å²) in [5.41, 5.74) is 8.35. The lowest BCUT2D eigenvalue weighted by molar-refractivity contribution is 0.759. The van der Waals surface area contributed by atoms with Gasteiger partial charge in [-0.25, -0.2) is 9.89 Å². The van der Waals surface area contributed by atoms with Crippen LogP contribution in [0.1, 0.15) is 24.1 Å². The van der Waals surface area contributed by atoms with E-state index in [1.165, 1.54) is 21.9 Å². The number of aromatic nitrogens is 3. The summed E-state index contributed by atoms with van der Waals surface area (Å²) < 4.78 is 1.48. The first-order valence-corrected chi connectivity index (χ1v) is 7.19. The standard InChI is InChI=1S/C13H18N4OS/c1-3-9-4-6-10(7-5-9)11(14)8-19-13-16-15-12(18)17(13)2/h4-7,11H,3,8,14H2,1-2H3,(H,15,18). The highest BCUT2D eigenvalue weighted by Gasteiger charge is 2.10. The number of H-pyrrole nitrogens is 1. The molecule has 0 saturated carbocycles. The summed E-state index contributed by atoms with van der Waals surface area (Å²) in [6.07, 6.45) is 1.03. The number of aryl methyl sites for hydroxylation is 1. The average molecular weight is 278 g/mol. The van der Waals surface area contributed by atoms with Gasteiger partial charge in [0.15, 0.2) is 5.16 Å². The Morgan fingerprint density at radius 2 is 2.11 bits per heavy atom. The molecule has 0 radical (unpaired) electrons. The van der Waals surface area contributed by atoms with E-state index >= 15 is 0 Å². The van der Waals surface area contributed by atoms with Crippen molar-refractivity contribution >= 4 is 11.8 Å². The van der Waals surface area contributed by atoms with Crippen molar-refractivity contribution in [3.05, 3.63) is 45.9 Å². The van der Waals surface area contributed by atoms with Crippen LogP contribution < -0.4 is 11.4 Å². The van der Waals surface area contributed by atoms with Gasteiger partial charge in [0, 0.05) is 18.8 Å². The summed E-state index contributed by atoms with van der Waals surface area (Å²) >= 11 is 1.48. The van der Waals surface area contributed by atoms with Crippen LogP contribution in [0.15, 0.2) is 34.2 Å². The van der Waals surface area contributed by atoms with Gasteiger partial charge in [-0.15, -0.1) is 5.10 Å². The van der Waals surface area contributed by atoms with Crippen molar-refractivity contribution in [1.82, 2.24) is 14.8 Å². The van der Waals surface area contributed by atoms with E-state index in [0.29, 0.717) is 10.9 Å². The highest BCUT2D eigenvalue weighted by atomic mass is 32.2. The van der Waals surface area contributed by atoms with Gasteiger partial charge >= 0.3 is 5.69 Å². The van der Waals surface area contributed by atoms with E-state index < -0.39 is 0 Å². The molecule has 6 heteroatoms. The van der Waals surface area contributed by atoms with Gasteiger partial charge in [-0.1, -0.05) is 43.0 Å². The van der Waals surface area contributed by atoms with Gasteiger partial charge in [-0.3, -0.25) is 4.57 Å². The zero-order valence-corrected chi connectivity index (χ0v) is 11.9. The van der Waals surface area contributed by atoms with Gasteiger partial charge < -0.3 is 5.73 Å². The molecule has 102 valence electrons. The molecule has 0 amide bonds. The molecule has 0 bridgehead atoms. The van der Waals surface area contributed by atoms with E-state index in [0.717, 1.165) is 12.0 Å². The van der Waals surface area contributed by atoms with Crippen LogP contribution in [0, 0.1) is 0 Å². The molecule has 0 spiro atoms. The minimum absolute atomic E-state index is 0.0669. The van der Waals surface area contributed by atoms with Gasteiger partial charge in [-0.05, 0) is 17.5 Å². The second kappa shape index (κ2) is 6.08. The third-order valence-electron chi connectivity index (χ3n) is 3.05. The van der Waals surface area contributed by atoms with Crippen molar-refractivity contribution in [2.45, 2.75) is 24.5 Å². The van der Waals surface area contributed by atoms with Crippen molar-refractivity contribution in [3.8, 4) is 0 Å². The molecule has 1 aromatic carbocycles. The number of benzene rings is 1. The molecule has 0 fully saturated rings. The van der Waals surface area contributed by atoms with Gasteiger partial charge in [0.05, 0.1) is 0 Å². The first kappa shape index (κ1) is 13.9. The average Bonchev–Trinajstić information content (AvgIpc) is 2.76. The maximum Gasteiger partial charge on any atom is 0.343 e. The van der Waals surface area contributed by atoms with Crippen molar-refractivity contribution < 1.29 is 0 Å². The van der Waals surface area contributed by atoms with E-state index in [-0.39, 0.29) is 11.7 Å². The summed E-state index contributed by atoms with van der Waals surface area (Å²) in [7, 11) is 1.69. The summed E-state index contributed by atoms with van der Waals surface area (Å²) in [4.78, 5) is 11.2. The van der Waals surface area contributed by atoms with Crippen LogP contribution >= 0.6 is 11.8 Å². The molecule has 2 aromatic rings. The predicted molar refractivity (Wildman–Crippen MR) is 77.3 cm³/mol. The van der Waals surface area contributed by atoms with Gasteiger partial charge in [-0.2, -0.15) is 0 Å².